The number of nitrogens with two attached hydrogens (primary N) is 1. The highest BCUT2D eigenvalue weighted by Crippen LogP contribution is 2.25. The summed E-state index contributed by atoms with van der Waals surface area (Å²) in [6, 6.07) is 9.77. The van der Waals surface area contributed by atoms with Crippen LogP contribution in [-0.2, 0) is 19.4 Å². The predicted molar refractivity (Wildman–Crippen MR) is 82.1 cm³/mol. The maximum absolute atomic E-state index is 5.79. The number of rotatable bonds is 4. The lowest BCUT2D eigenvalue weighted by Gasteiger charge is -2.24. The second-order valence-corrected chi connectivity index (χ2v) is 5.60. The van der Waals surface area contributed by atoms with E-state index in [2.05, 4.69) is 16.9 Å². The summed E-state index contributed by atoms with van der Waals surface area (Å²) in [7, 11) is 0. The van der Waals surface area contributed by atoms with Crippen LogP contribution >= 0.6 is 0 Å². The topological polar surface area (TPSA) is 61.0 Å². The van der Waals surface area contributed by atoms with Crippen LogP contribution in [0, 0.1) is 12.8 Å². The van der Waals surface area contributed by atoms with Crippen LogP contribution in [0.4, 0.5) is 0 Å². The molecule has 0 saturated carbocycles. The molecule has 0 fully saturated rings. The van der Waals surface area contributed by atoms with E-state index < -0.39 is 0 Å². The molecule has 1 atom stereocenters. The van der Waals surface area contributed by atoms with Crippen LogP contribution in [0.2, 0.25) is 0 Å². The first-order valence-corrected chi connectivity index (χ1v) is 7.49. The van der Waals surface area contributed by atoms with Crippen molar-refractivity contribution in [1.29, 1.82) is 0 Å². The molecule has 0 spiro atoms. The molecule has 0 amide bonds. The quantitative estimate of drug-likeness (QED) is 0.936. The van der Waals surface area contributed by atoms with Crippen LogP contribution in [0.3, 0.4) is 0 Å². The Bertz CT molecular complexity index is 613. The van der Waals surface area contributed by atoms with Gasteiger partial charge in [-0.25, -0.2) is 9.97 Å². The Morgan fingerprint density at radius 2 is 2.05 bits per heavy atom. The Hall–Kier alpha value is -1.94. The molecular formula is C17H21N3O. The van der Waals surface area contributed by atoms with Crippen molar-refractivity contribution in [3.63, 3.8) is 0 Å². The highest BCUT2D eigenvalue weighted by Gasteiger charge is 2.21. The van der Waals surface area contributed by atoms with Gasteiger partial charge in [0, 0.05) is 11.4 Å². The van der Waals surface area contributed by atoms with Gasteiger partial charge in [-0.3, -0.25) is 0 Å². The van der Waals surface area contributed by atoms with Gasteiger partial charge in [0.1, 0.15) is 12.4 Å². The predicted octanol–water partition coefficient (Wildman–Crippen LogP) is 2.43. The normalized spacial score (nSPS) is 17.3. The molecule has 0 saturated heterocycles. The van der Waals surface area contributed by atoms with E-state index in [-0.39, 0.29) is 0 Å². The monoisotopic (exact) mass is 283 g/mol. The van der Waals surface area contributed by atoms with Crippen molar-refractivity contribution < 1.29 is 4.74 Å². The largest absolute Gasteiger partial charge is 0.486 e. The summed E-state index contributed by atoms with van der Waals surface area (Å²) >= 11 is 0. The number of aryl methyl sites for hydroxylation is 2. The lowest BCUT2D eigenvalue weighted by Crippen LogP contribution is -2.24. The van der Waals surface area contributed by atoms with Crippen LogP contribution in [0.25, 0.3) is 0 Å². The van der Waals surface area contributed by atoms with Gasteiger partial charge < -0.3 is 10.5 Å². The third-order valence-corrected chi connectivity index (χ3v) is 4.07. The number of para-hydroxylation sites is 1. The Balaban J connectivity index is 1.75. The fraction of sp³-hybridized carbons (Fsp3) is 0.412. The van der Waals surface area contributed by atoms with E-state index in [1.807, 2.05) is 30.3 Å². The summed E-state index contributed by atoms with van der Waals surface area (Å²) in [4.78, 5) is 9.27. The second-order valence-electron chi connectivity index (χ2n) is 5.60. The zero-order valence-electron chi connectivity index (χ0n) is 12.4. The van der Waals surface area contributed by atoms with Crippen molar-refractivity contribution in [2.24, 2.45) is 11.7 Å². The summed E-state index contributed by atoms with van der Waals surface area (Å²) in [5.74, 6) is 2.19. The Kier molecular flexibility index (Phi) is 4.15. The van der Waals surface area contributed by atoms with Gasteiger partial charge in [0.25, 0.3) is 0 Å². The van der Waals surface area contributed by atoms with Gasteiger partial charge in [-0.1, -0.05) is 18.2 Å². The lowest BCUT2D eigenvalue weighted by atomic mass is 9.86. The number of hydrogen-bond acceptors (Lipinski definition) is 4. The maximum Gasteiger partial charge on any atom is 0.166 e. The average molecular weight is 283 g/mol. The van der Waals surface area contributed by atoms with Crippen LogP contribution < -0.4 is 10.5 Å². The second kappa shape index (κ2) is 6.22. The van der Waals surface area contributed by atoms with E-state index in [0.717, 1.165) is 43.1 Å². The zero-order chi connectivity index (χ0) is 14.7. The summed E-state index contributed by atoms with van der Waals surface area (Å²) < 4.78 is 5.74. The van der Waals surface area contributed by atoms with E-state index in [1.165, 1.54) is 11.3 Å². The summed E-state index contributed by atoms with van der Waals surface area (Å²) in [5.41, 5.74) is 9.34. The molecule has 110 valence electrons. The average Bonchev–Trinajstić information content (AvgIpc) is 2.54. The van der Waals surface area contributed by atoms with Gasteiger partial charge in [-0.15, -0.1) is 0 Å². The van der Waals surface area contributed by atoms with E-state index in [1.54, 1.807) is 0 Å². The molecule has 1 aromatic heterocycles. The van der Waals surface area contributed by atoms with Crippen molar-refractivity contribution in [2.45, 2.75) is 32.8 Å². The van der Waals surface area contributed by atoms with Gasteiger partial charge in [0.05, 0.1) is 0 Å². The smallest absolute Gasteiger partial charge is 0.166 e. The molecule has 3 rings (SSSR count). The third-order valence-electron chi connectivity index (χ3n) is 4.07. The summed E-state index contributed by atoms with van der Waals surface area (Å²) in [5, 5.41) is 0. The Morgan fingerprint density at radius 1 is 1.24 bits per heavy atom. The molecule has 1 heterocycles. The van der Waals surface area contributed by atoms with Crippen LogP contribution in [0.15, 0.2) is 30.3 Å². The van der Waals surface area contributed by atoms with Gasteiger partial charge >= 0.3 is 0 Å². The third kappa shape index (κ3) is 3.22. The first-order chi connectivity index (χ1) is 10.3. The van der Waals surface area contributed by atoms with Crippen molar-refractivity contribution in [3.8, 4) is 5.75 Å². The Morgan fingerprint density at radius 3 is 2.81 bits per heavy atom. The standard InChI is InChI=1S/C17H21N3O/c1-12-15-9-13(10-18)7-8-16(15)20-17(19-12)11-21-14-5-3-2-4-6-14/h2-6,13H,7-11,18H2,1H3. The first-order valence-electron chi connectivity index (χ1n) is 7.49. The molecule has 0 aliphatic heterocycles. The van der Waals surface area contributed by atoms with Crippen LogP contribution in [-0.4, -0.2) is 16.5 Å². The molecule has 4 heteroatoms. The maximum atomic E-state index is 5.79. The van der Waals surface area contributed by atoms with Gasteiger partial charge in [0.15, 0.2) is 5.82 Å². The number of hydrogen-bond donors (Lipinski definition) is 1. The highest BCUT2D eigenvalue weighted by atomic mass is 16.5. The van der Waals surface area contributed by atoms with Crippen molar-refractivity contribution >= 4 is 0 Å². The summed E-state index contributed by atoms with van der Waals surface area (Å²) in [6.45, 7) is 3.22. The van der Waals surface area contributed by atoms with Crippen molar-refractivity contribution in [1.82, 2.24) is 9.97 Å². The number of nitrogens with zero attached hydrogens (tertiary/aromatic N) is 2. The first kappa shape index (κ1) is 14.0. The molecule has 0 radical (unpaired) electrons. The SMILES string of the molecule is Cc1nc(COc2ccccc2)nc2c1CC(CN)CC2. The number of aromatic nitrogens is 2. The summed E-state index contributed by atoms with van der Waals surface area (Å²) in [6.07, 6.45) is 3.13. The minimum Gasteiger partial charge on any atom is -0.486 e. The lowest BCUT2D eigenvalue weighted by molar-refractivity contribution is 0.294. The van der Waals surface area contributed by atoms with Gasteiger partial charge in [0.2, 0.25) is 0 Å². The fourth-order valence-electron chi connectivity index (χ4n) is 2.85. The molecule has 0 bridgehead atoms. The molecule has 1 unspecified atom stereocenters. The van der Waals surface area contributed by atoms with Crippen LogP contribution in [0.5, 0.6) is 5.75 Å². The minimum absolute atomic E-state index is 0.415. The number of fused-ring (bicyclic) bond motifs is 1. The van der Waals surface area contributed by atoms with E-state index >= 15 is 0 Å². The number of ether oxygens (including phenoxy) is 1. The number of benzene rings is 1. The molecule has 2 aromatic rings. The van der Waals surface area contributed by atoms with E-state index in [4.69, 9.17) is 10.5 Å². The molecule has 1 aliphatic carbocycles. The molecule has 2 N–H and O–H groups in total. The minimum atomic E-state index is 0.415. The van der Waals surface area contributed by atoms with E-state index in [0.29, 0.717) is 12.5 Å². The molecule has 4 nitrogen and oxygen atoms in total. The highest BCUT2D eigenvalue weighted by molar-refractivity contribution is 5.28. The molecular weight excluding hydrogens is 262 g/mol. The Labute approximate surface area is 125 Å². The van der Waals surface area contributed by atoms with Gasteiger partial charge in [-0.2, -0.15) is 0 Å². The molecule has 1 aromatic carbocycles. The fourth-order valence-corrected chi connectivity index (χ4v) is 2.85. The van der Waals surface area contributed by atoms with E-state index in [9.17, 15) is 0 Å². The van der Waals surface area contributed by atoms with Crippen molar-refractivity contribution in [3.05, 3.63) is 53.1 Å². The van der Waals surface area contributed by atoms with Gasteiger partial charge in [-0.05, 0) is 56.3 Å². The molecule has 1 aliphatic rings. The zero-order valence-corrected chi connectivity index (χ0v) is 12.4. The van der Waals surface area contributed by atoms with Crippen LogP contribution in [0.1, 0.15) is 29.2 Å². The van der Waals surface area contributed by atoms with Crippen molar-refractivity contribution in [2.75, 3.05) is 6.54 Å². The molecule has 21 heavy (non-hydrogen) atoms.